The van der Waals surface area contributed by atoms with Crippen molar-refractivity contribution in [2.45, 2.75) is 19.4 Å². The fraction of sp³-hybridized carbons (Fsp3) is 0.238. The van der Waals surface area contributed by atoms with Gasteiger partial charge in [-0.25, -0.2) is 4.79 Å². The molecule has 132 valence electrons. The summed E-state index contributed by atoms with van der Waals surface area (Å²) in [5.74, 6) is -0.0314. The van der Waals surface area contributed by atoms with Gasteiger partial charge in [0, 0.05) is 22.0 Å². The van der Waals surface area contributed by atoms with Crippen molar-refractivity contribution in [2.24, 2.45) is 5.92 Å². The molecular formula is C21H18BrNO3. The zero-order valence-corrected chi connectivity index (χ0v) is 16.0. The van der Waals surface area contributed by atoms with E-state index in [-0.39, 0.29) is 5.56 Å². The highest BCUT2D eigenvalue weighted by atomic mass is 79.9. The summed E-state index contributed by atoms with van der Waals surface area (Å²) in [5.41, 5.74) is 1.83. The van der Waals surface area contributed by atoms with E-state index in [1.807, 2.05) is 48.5 Å². The van der Waals surface area contributed by atoms with Crippen LogP contribution in [0.2, 0.25) is 0 Å². The molecule has 0 radical (unpaired) electrons. The molecule has 1 saturated carbocycles. The van der Waals surface area contributed by atoms with Crippen LogP contribution in [0, 0.1) is 5.92 Å². The molecule has 1 fully saturated rings. The monoisotopic (exact) mass is 411 g/mol. The zero-order valence-electron chi connectivity index (χ0n) is 14.4. The number of carbonyl (C=O) groups excluding carboxylic acids is 1. The van der Waals surface area contributed by atoms with Crippen LogP contribution in [0.4, 0.5) is 0 Å². The molecule has 0 saturated heterocycles. The third kappa shape index (κ3) is 2.97. The van der Waals surface area contributed by atoms with Crippen LogP contribution < -0.4 is 5.56 Å². The molecule has 3 aromatic rings. The first-order valence-corrected chi connectivity index (χ1v) is 9.39. The number of pyridine rings is 1. The Morgan fingerprint density at radius 1 is 1.15 bits per heavy atom. The van der Waals surface area contributed by atoms with Gasteiger partial charge in [-0.05, 0) is 47.9 Å². The molecule has 1 aliphatic carbocycles. The fourth-order valence-corrected chi connectivity index (χ4v) is 3.72. The summed E-state index contributed by atoms with van der Waals surface area (Å²) < 4.78 is 7.54. The molecule has 0 atom stereocenters. The van der Waals surface area contributed by atoms with Crippen LogP contribution in [-0.4, -0.2) is 17.6 Å². The second-order valence-electron chi connectivity index (χ2n) is 6.63. The lowest BCUT2D eigenvalue weighted by molar-refractivity contribution is 0.0587. The quantitative estimate of drug-likeness (QED) is 0.588. The summed E-state index contributed by atoms with van der Waals surface area (Å²) >= 11 is 3.49. The predicted octanol–water partition coefficient (Wildman–Crippen LogP) is 4.63. The van der Waals surface area contributed by atoms with E-state index in [0.29, 0.717) is 23.5 Å². The highest BCUT2D eigenvalue weighted by Crippen LogP contribution is 2.35. The Morgan fingerprint density at radius 2 is 1.88 bits per heavy atom. The van der Waals surface area contributed by atoms with Crippen molar-refractivity contribution < 1.29 is 9.53 Å². The summed E-state index contributed by atoms with van der Waals surface area (Å²) in [6.07, 6.45) is 2.18. The number of hydrogen-bond acceptors (Lipinski definition) is 3. The number of aromatic nitrogens is 1. The first-order valence-electron chi connectivity index (χ1n) is 8.60. The maximum absolute atomic E-state index is 13.2. The van der Waals surface area contributed by atoms with Gasteiger partial charge in [-0.15, -0.1) is 0 Å². The minimum Gasteiger partial charge on any atom is -0.464 e. The third-order valence-corrected chi connectivity index (χ3v) is 5.31. The average molecular weight is 412 g/mol. The number of halogens is 1. The largest absolute Gasteiger partial charge is 0.464 e. The van der Waals surface area contributed by atoms with Crippen LogP contribution in [-0.2, 0) is 11.3 Å². The lowest BCUT2D eigenvalue weighted by Gasteiger charge is -2.18. The van der Waals surface area contributed by atoms with E-state index >= 15 is 0 Å². The molecule has 1 aromatic heterocycles. The molecule has 1 aliphatic rings. The molecular weight excluding hydrogens is 394 g/mol. The number of rotatable bonds is 4. The molecule has 0 unspecified atom stereocenters. The third-order valence-electron chi connectivity index (χ3n) is 4.81. The first kappa shape index (κ1) is 17.0. The van der Waals surface area contributed by atoms with Crippen LogP contribution in [0.5, 0.6) is 0 Å². The molecule has 0 N–H and O–H groups in total. The summed E-state index contributed by atoms with van der Waals surface area (Å²) in [6.45, 7) is 0.551. The molecule has 0 bridgehead atoms. The Bertz CT molecular complexity index is 1050. The number of nitrogens with zero attached hydrogens (tertiary/aromatic N) is 1. The van der Waals surface area contributed by atoms with Crippen molar-refractivity contribution in [3.63, 3.8) is 0 Å². The van der Waals surface area contributed by atoms with Crippen LogP contribution in [0.3, 0.4) is 0 Å². The van der Waals surface area contributed by atoms with Crippen LogP contribution >= 0.6 is 15.9 Å². The van der Waals surface area contributed by atoms with Gasteiger partial charge in [0.25, 0.3) is 5.56 Å². The number of carbonyl (C=O) groups is 1. The Morgan fingerprint density at radius 3 is 2.54 bits per heavy atom. The molecule has 0 aliphatic heterocycles. The lowest BCUT2D eigenvalue weighted by atomic mass is 9.96. The normalized spacial score (nSPS) is 13.8. The molecule has 0 spiro atoms. The van der Waals surface area contributed by atoms with Crippen LogP contribution in [0.25, 0.3) is 21.9 Å². The van der Waals surface area contributed by atoms with Crippen molar-refractivity contribution in [2.75, 3.05) is 7.11 Å². The second-order valence-corrected chi connectivity index (χ2v) is 7.55. The number of fused-ring (bicyclic) bond motifs is 1. The maximum Gasteiger partial charge on any atom is 0.355 e. The maximum atomic E-state index is 13.2. The number of methoxy groups -OCH3 is 1. The number of esters is 1. The average Bonchev–Trinajstić information content (AvgIpc) is 3.47. The van der Waals surface area contributed by atoms with Gasteiger partial charge in [-0.3, -0.25) is 4.79 Å². The SMILES string of the molecule is COC(=O)c1c(-c2ccccc2)c2cc(Br)ccc2c(=O)n1CC1CC1. The van der Waals surface area contributed by atoms with Gasteiger partial charge in [-0.2, -0.15) is 0 Å². The number of ether oxygens (including phenoxy) is 1. The zero-order chi connectivity index (χ0) is 18.3. The Kier molecular flexibility index (Phi) is 4.41. The molecule has 2 aromatic carbocycles. The van der Waals surface area contributed by atoms with Crippen molar-refractivity contribution in [1.29, 1.82) is 0 Å². The summed E-state index contributed by atoms with van der Waals surface area (Å²) in [6, 6.07) is 15.3. The van der Waals surface area contributed by atoms with Crippen molar-refractivity contribution in [3.8, 4) is 11.1 Å². The Labute approximate surface area is 159 Å². The minimum absolute atomic E-state index is 0.139. The standard InChI is InChI=1S/C21H18BrNO3/c1-26-21(25)19-18(14-5-3-2-4-6-14)17-11-15(22)9-10-16(17)20(24)23(19)12-13-7-8-13/h2-6,9-11,13H,7-8,12H2,1H3. The number of hydrogen-bond donors (Lipinski definition) is 0. The number of benzene rings is 2. The van der Waals surface area contributed by atoms with Gasteiger partial charge in [0.15, 0.2) is 0 Å². The highest BCUT2D eigenvalue weighted by molar-refractivity contribution is 9.10. The van der Waals surface area contributed by atoms with Crippen molar-refractivity contribution in [1.82, 2.24) is 4.57 Å². The van der Waals surface area contributed by atoms with Gasteiger partial charge in [0.05, 0.1) is 7.11 Å². The molecule has 1 heterocycles. The molecule has 5 heteroatoms. The smallest absolute Gasteiger partial charge is 0.355 e. The van der Waals surface area contributed by atoms with Crippen LogP contribution in [0.15, 0.2) is 57.8 Å². The van der Waals surface area contributed by atoms with Gasteiger partial charge in [0.1, 0.15) is 5.69 Å². The first-order chi connectivity index (χ1) is 12.6. The Balaban J connectivity index is 2.16. The lowest BCUT2D eigenvalue weighted by Crippen LogP contribution is -2.28. The molecule has 4 nitrogen and oxygen atoms in total. The second kappa shape index (κ2) is 6.72. The van der Waals surface area contributed by atoms with E-state index in [1.54, 1.807) is 4.57 Å². The molecule has 4 rings (SSSR count). The minimum atomic E-state index is -0.483. The van der Waals surface area contributed by atoms with E-state index < -0.39 is 5.97 Å². The summed E-state index contributed by atoms with van der Waals surface area (Å²) in [7, 11) is 1.36. The highest BCUT2D eigenvalue weighted by Gasteiger charge is 2.29. The van der Waals surface area contributed by atoms with E-state index in [0.717, 1.165) is 33.8 Å². The van der Waals surface area contributed by atoms with Gasteiger partial charge < -0.3 is 9.30 Å². The van der Waals surface area contributed by atoms with Gasteiger partial charge in [-0.1, -0.05) is 46.3 Å². The predicted molar refractivity (Wildman–Crippen MR) is 105 cm³/mol. The van der Waals surface area contributed by atoms with Gasteiger partial charge in [0.2, 0.25) is 0 Å². The van der Waals surface area contributed by atoms with E-state index in [4.69, 9.17) is 4.74 Å². The van der Waals surface area contributed by atoms with E-state index in [2.05, 4.69) is 15.9 Å². The van der Waals surface area contributed by atoms with Crippen molar-refractivity contribution >= 4 is 32.7 Å². The van der Waals surface area contributed by atoms with E-state index in [9.17, 15) is 9.59 Å². The summed E-state index contributed by atoms with van der Waals surface area (Å²) in [5, 5.41) is 1.36. The fourth-order valence-electron chi connectivity index (χ4n) is 3.36. The van der Waals surface area contributed by atoms with Crippen molar-refractivity contribution in [3.05, 3.63) is 69.1 Å². The van der Waals surface area contributed by atoms with Gasteiger partial charge >= 0.3 is 5.97 Å². The molecule has 0 amide bonds. The van der Waals surface area contributed by atoms with Crippen LogP contribution in [0.1, 0.15) is 23.3 Å². The Hall–Kier alpha value is -2.40. The summed E-state index contributed by atoms with van der Waals surface area (Å²) in [4.78, 5) is 25.9. The topological polar surface area (TPSA) is 48.3 Å². The van der Waals surface area contributed by atoms with E-state index in [1.165, 1.54) is 7.11 Å². The molecule has 26 heavy (non-hydrogen) atoms.